The van der Waals surface area contributed by atoms with Gasteiger partial charge >= 0.3 is 30.3 Å². The number of piperidine rings is 1. The lowest BCUT2D eigenvalue weighted by molar-refractivity contribution is -0.132. The van der Waals surface area contributed by atoms with Gasteiger partial charge in [0.05, 0.1) is 0 Å². The average molecular weight is 1000 g/mol. The average Bonchev–Trinajstić information content (AvgIpc) is 3.39. The molecule has 8 amide bonds. The van der Waals surface area contributed by atoms with E-state index < -0.39 is 6.09 Å². The quantitative estimate of drug-likeness (QED) is 0.111. The van der Waals surface area contributed by atoms with Crippen LogP contribution < -0.4 is 27.4 Å². The number of rotatable bonds is 12. The lowest BCUT2D eigenvalue weighted by Crippen LogP contribution is -2.53. The standard InChI is InChI=1S/C36H50N10O6.C14H25N3O3/c37-31(38)27-11-7-25(8-12-27)23-41-33(47)43-15-19-45(20-16-43)35(49)51-29-3-1-4-30(6-2-5-29)52-36(50)46-21-17-44(18-22-46)34(48)42-24-26-9-13-28(14-10-26)32(39)40;18-13(3-1-2-12-4-6-15-7-5-12)16-8-10-17(11-9-16)14(19)20/h7-14,29-30H,1-6,15-24H2,(H3,37,38)(H3,39,40)(H,41,47)(H,42,48);12,15H,1-11H2,(H,19,20)/t29-,30+;. The Balaban J connectivity index is 0.000000352. The Morgan fingerprint density at radius 2 is 0.931 bits per heavy atom. The Labute approximate surface area is 422 Å². The highest BCUT2D eigenvalue weighted by Gasteiger charge is 2.31. The van der Waals surface area contributed by atoms with Crippen molar-refractivity contribution in [3.05, 3.63) is 70.8 Å². The van der Waals surface area contributed by atoms with Crippen LogP contribution in [0.2, 0.25) is 0 Å². The predicted molar refractivity (Wildman–Crippen MR) is 270 cm³/mol. The highest BCUT2D eigenvalue weighted by atomic mass is 16.6. The molecule has 7 rings (SSSR count). The molecule has 0 aromatic heterocycles. The van der Waals surface area contributed by atoms with Crippen molar-refractivity contribution in [3.8, 4) is 0 Å². The summed E-state index contributed by atoms with van der Waals surface area (Å²) in [5.41, 5.74) is 14.0. The van der Waals surface area contributed by atoms with Crippen LogP contribution in [0.5, 0.6) is 0 Å². The molecule has 0 bridgehead atoms. The molecule has 4 aliphatic heterocycles. The third kappa shape index (κ3) is 17.2. The first-order valence-electron chi connectivity index (χ1n) is 25.5. The molecular formula is C50H75N13O9. The van der Waals surface area contributed by atoms with Gasteiger partial charge in [0.1, 0.15) is 23.9 Å². The number of piperazine rings is 3. The van der Waals surface area contributed by atoms with Crippen LogP contribution in [0.15, 0.2) is 48.5 Å². The first kappa shape index (κ1) is 54.5. The molecule has 1 saturated carbocycles. The van der Waals surface area contributed by atoms with Gasteiger partial charge in [0.2, 0.25) is 5.91 Å². The fourth-order valence-electron chi connectivity index (χ4n) is 9.49. The Hall–Kier alpha value is -6.84. The number of amidine groups is 2. The van der Waals surface area contributed by atoms with E-state index in [2.05, 4.69) is 16.0 Å². The lowest BCUT2D eigenvalue weighted by Gasteiger charge is -2.36. The van der Waals surface area contributed by atoms with Crippen LogP contribution in [0.3, 0.4) is 0 Å². The van der Waals surface area contributed by atoms with E-state index in [4.69, 9.17) is 36.9 Å². The summed E-state index contributed by atoms with van der Waals surface area (Å²) in [6, 6.07) is 13.9. The third-order valence-electron chi connectivity index (χ3n) is 14.1. The minimum atomic E-state index is -0.886. The smallest absolute Gasteiger partial charge is 0.410 e. The number of hydrogen-bond donors (Lipinski definition) is 8. The number of amides is 8. The third-order valence-corrected chi connectivity index (χ3v) is 14.1. The normalized spacial score (nSPS) is 19.9. The summed E-state index contributed by atoms with van der Waals surface area (Å²) >= 11 is 0. The molecule has 4 saturated heterocycles. The molecule has 4 heterocycles. The number of carbonyl (C=O) groups is 6. The summed E-state index contributed by atoms with van der Waals surface area (Å²) < 4.78 is 11.7. The van der Waals surface area contributed by atoms with E-state index in [1.807, 2.05) is 29.2 Å². The Bertz CT molecular complexity index is 2010. The maximum atomic E-state index is 13.0. The van der Waals surface area contributed by atoms with Crippen LogP contribution in [-0.4, -0.2) is 186 Å². The molecule has 22 nitrogen and oxygen atoms in total. The van der Waals surface area contributed by atoms with Gasteiger partial charge in [-0.1, -0.05) is 48.5 Å². The number of benzene rings is 2. The van der Waals surface area contributed by atoms with E-state index in [0.29, 0.717) is 135 Å². The van der Waals surface area contributed by atoms with Gasteiger partial charge in [-0.2, -0.15) is 0 Å². The second kappa shape index (κ2) is 27.7. The number of carbonyl (C=O) groups excluding carboxylic acids is 5. The molecular weight excluding hydrogens is 927 g/mol. The van der Waals surface area contributed by atoms with Gasteiger partial charge < -0.3 is 71.4 Å². The van der Waals surface area contributed by atoms with E-state index in [0.717, 1.165) is 55.8 Å². The Kier molecular flexibility index (Phi) is 20.9. The monoisotopic (exact) mass is 1000 g/mol. The molecule has 2 aromatic rings. The maximum absolute atomic E-state index is 13.0. The Morgan fingerprint density at radius 3 is 1.32 bits per heavy atom. The van der Waals surface area contributed by atoms with E-state index in [1.165, 1.54) is 17.7 Å². The maximum Gasteiger partial charge on any atom is 0.410 e. The summed E-state index contributed by atoms with van der Waals surface area (Å²) in [7, 11) is 0. The van der Waals surface area contributed by atoms with Crippen molar-refractivity contribution in [1.82, 2.24) is 45.3 Å². The molecule has 0 radical (unpaired) electrons. The summed E-state index contributed by atoms with van der Waals surface area (Å²) in [6.07, 6.45) is 7.38. The van der Waals surface area contributed by atoms with Crippen LogP contribution >= 0.6 is 0 Å². The molecule has 72 heavy (non-hydrogen) atoms. The molecule has 2 aromatic carbocycles. The SMILES string of the molecule is N=C(N)c1ccc(CNC(=O)N2CCN(C(=O)O[C@H]3CCC[C@@H](OC(=O)N4CCN(C(=O)NCc5ccc(C(=N)N)cc5)CC4)CCC3)CC2)cc1.O=C(O)N1CCN(C(=O)CCCC2CCNCC2)CC1. The summed E-state index contributed by atoms with van der Waals surface area (Å²) in [5, 5.41) is 33.0. The van der Waals surface area contributed by atoms with Crippen LogP contribution in [0.25, 0.3) is 0 Å². The van der Waals surface area contributed by atoms with E-state index in [9.17, 15) is 28.8 Å². The number of nitrogens with zero attached hydrogens (tertiary/aromatic N) is 6. The van der Waals surface area contributed by atoms with E-state index in [1.54, 1.807) is 43.9 Å². The van der Waals surface area contributed by atoms with Gasteiger partial charge in [-0.15, -0.1) is 0 Å². The molecule has 1 aliphatic carbocycles. The molecule has 0 unspecified atom stereocenters. The van der Waals surface area contributed by atoms with Crippen molar-refractivity contribution in [1.29, 1.82) is 10.8 Å². The first-order chi connectivity index (χ1) is 34.7. The number of urea groups is 2. The van der Waals surface area contributed by atoms with Crippen molar-refractivity contribution in [3.63, 3.8) is 0 Å². The zero-order valence-corrected chi connectivity index (χ0v) is 41.5. The van der Waals surface area contributed by atoms with Crippen molar-refractivity contribution in [2.24, 2.45) is 17.4 Å². The topological polar surface area (TPSA) is 296 Å². The van der Waals surface area contributed by atoms with Gasteiger partial charge in [0, 0.05) is 109 Å². The van der Waals surface area contributed by atoms with Crippen LogP contribution in [0, 0.1) is 16.7 Å². The van der Waals surface area contributed by atoms with Gasteiger partial charge in [-0.25, -0.2) is 24.0 Å². The summed E-state index contributed by atoms with van der Waals surface area (Å²) in [5.74, 6) is 0.945. The van der Waals surface area contributed by atoms with Gasteiger partial charge in [-0.3, -0.25) is 15.6 Å². The van der Waals surface area contributed by atoms with Crippen LogP contribution in [0.4, 0.5) is 24.0 Å². The van der Waals surface area contributed by atoms with Crippen molar-refractivity contribution in [2.75, 3.05) is 91.6 Å². The molecule has 5 aliphatic rings. The van der Waals surface area contributed by atoms with Gasteiger partial charge in [-0.05, 0) is 94.3 Å². The van der Waals surface area contributed by atoms with E-state index in [-0.39, 0.29) is 54.0 Å². The summed E-state index contributed by atoms with van der Waals surface area (Å²) in [6.45, 7) is 8.05. The number of ether oxygens (including phenoxy) is 2. The minimum absolute atomic E-state index is 0.00518. The fraction of sp³-hybridized carbons (Fsp3) is 0.600. The molecule has 394 valence electrons. The second-order valence-electron chi connectivity index (χ2n) is 19.1. The summed E-state index contributed by atoms with van der Waals surface area (Å²) in [4.78, 5) is 84.0. The van der Waals surface area contributed by atoms with Crippen LogP contribution in [-0.2, 0) is 27.4 Å². The zero-order valence-electron chi connectivity index (χ0n) is 41.5. The second-order valence-corrected chi connectivity index (χ2v) is 19.1. The molecule has 0 spiro atoms. The number of hydrogen-bond acceptors (Lipinski definition) is 11. The van der Waals surface area contributed by atoms with Crippen LogP contribution in [0.1, 0.15) is 92.9 Å². The van der Waals surface area contributed by atoms with Gasteiger partial charge in [0.25, 0.3) is 0 Å². The number of nitrogens with two attached hydrogens (primary N) is 2. The van der Waals surface area contributed by atoms with Crippen molar-refractivity contribution < 1.29 is 43.3 Å². The number of nitrogen functional groups attached to an aromatic ring is 2. The van der Waals surface area contributed by atoms with Gasteiger partial charge in [0.15, 0.2) is 0 Å². The number of nitrogens with one attached hydrogen (secondary N) is 5. The lowest BCUT2D eigenvalue weighted by atomic mass is 9.92. The molecule has 5 fully saturated rings. The molecule has 10 N–H and O–H groups in total. The fourth-order valence-corrected chi connectivity index (χ4v) is 9.49. The number of carboxylic acid groups (broad SMARTS) is 1. The highest BCUT2D eigenvalue weighted by molar-refractivity contribution is 5.95. The Morgan fingerprint density at radius 1 is 0.556 bits per heavy atom. The zero-order chi connectivity index (χ0) is 51.4. The predicted octanol–water partition coefficient (Wildman–Crippen LogP) is 3.95. The first-order valence-corrected chi connectivity index (χ1v) is 25.5. The minimum Gasteiger partial charge on any atom is -0.465 e. The molecule has 0 atom stereocenters. The van der Waals surface area contributed by atoms with E-state index >= 15 is 0 Å². The largest absolute Gasteiger partial charge is 0.465 e. The highest BCUT2D eigenvalue weighted by Crippen LogP contribution is 2.24. The van der Waals surface area contributed by atoms with Crippen molar-refractivity contribution >= 4 is 47.9 Å². The van der Waals surface area contributed by atoms with Crippen molar-refractivity contribution in [2.45, 2.75) is 95.9 Å². The molecule has 22 heteroatoms.